The van der Waals surface area contributed by atoms with Crippen molar-refractivity contribution >= 4 is 0 Å². The summed E-state index contributed by atoms with van der Waals surface area (Å²) in [4.78, 5) is 0. The second-order valence-corrected chi connectivity index (χ2v) is 6.29. The highest BCUT2D eigenvalue weighted by molar-refractivity contribution is 5.17. The molecule has 0 unspecified atom stereocenters. The Labute approximate surface area is 144 Å². The Bertz CT molecular complexity index is 656. The van der Waals surface area contributed by atoms with Crippen LogP contribution in [0.4, 0.5) is 0 Å². The van der Waals surface area contributed by atoms with Gasteiger partial charge in [0.2, 0.25) is 0 Å². The molecule has 24 heavy (non-hydrogen) atoms. The zero-order valence-electron chi connectivity index (χ0n) is 14.4. The molecule has 0 radical (unpaired) electrons. The van der Waals surface area contributed by atoms with Gasteiger partial charge in [-0.15, -0.1) is 0 Å². The maximum atomic E-state index is 10.3. The summed E-state index contributed by atoms with van der Waals surface area (Å²) >= 11 is 0. The van der Waals surface area contributed by atoms with Gasteiger partial charge in [0, 0.05) is 0 Å². The van der Waals surface area contributed by atoms with Gasteiger partial charge in [-0.25, -0.2) is 0 Å². The molecule has 3 heteroatoms. The molecule has 2 aromatic rings. The molecular formula is C21H26O3. The van der Waals surface area contributed by atoms with Crippen molar-refractivity contribution in [2.24, 2.45) is 0 Å². The van der Waals surface area contributed by atoms with Gasteiger partial charge >= 0.3 is 0 Å². The lowest BCUT2D eigenvalue weighted by molar-refractivity contribution is 0.163. The molecule has 0 bridgehead atoms. The van der Waals surface area contributed by atoms with Crippen molar-refractivity contribution in [2.75, 3.05) is 0 Å². The summed E-state index contributed by atoms with van der Waals surface area (Å²) in [6, 6.07) is 3.92. The van der Waals surface area contributed by atoms with Crippen molar-refractivity contribution in [3.05, 3.63) is 84.3 Å². The minimum atomic E-state index is -0.930. The average molecular weight is 326 g/mol. The number of hydrogen-bond acceptors (Lipinski definition) is 3. The molecule has 2 heterocycles. The van der Waals surface area contributed by atoms with Crippen LogP contribution in [0.3, 0.4) is 0 Å². The van der Waals surface area contributed by atoms with Crippen molar-refractivity contribution in [3.8, 4) is 0 Å². The summed E-state index contributed by atoms with van der Waals surface area (Å²) in [6.07, 6.45) is 20.3. The van der Waals surface area contributed by atoms with E-state index >= 15 is 0 Å². The van der Waals surface area contributed by atoms with E-state index in [-0.39, 0.29) is 0 Å². The van der Waals surface area contributed by atoms with E-state index in [2.05, 4.69) is 13.0 Å². The maximum Gasteiger partial charge on any atom is 0.0980 e. The molecule has 0 aromatic carbocycles. The summed E-state index contributed by atoms with van der Waals surface area (Å²) in [5.74, 6) is 0. The Kier molecular flexibility index (Phi) is 6.89. The fraction of sp³-hybridized carbons (Fsp3) is 0.333. The summed E-state index contributed by atoms with van der Waals surface area (Å²) in [5, 5.41) is 10.3. The van der Waals surface area contributed by atoms with E-state index < -0.39 is 5.60 Å². The molecule has 0 aliphatic rings. The Morgan fingerprint density at radius 3 is 2.42 bits per heavy atom. The zero-order chi connectivity index (χ0) is 17.3. The topological polar surface area (TPSA) is 46.5 Å². The largest absolute Gasteiger partial charge is 0.472 e. The van der Waals surface area contributed by atoms with Gasteiger partial charge < -0.3 is 13.9 Å². The van der Waals surface area contributed by atoms with Gasteiger partial charge in [0.25, 0.3) is 0 Å². The quantitative estimate of drug-likeness (QED) is 0.640. The molecule has 0 saturated heterocycles. The van der Waals surface area contributed by atoms with Crippen molar-refractivity contribution < 1.29 is 13.9 Å². The molecule has 2 rings (SSSR count). The molecule has 0 spiro atoms. The van der Waals surface area contributed by atoms with Gasteiger partial charge in [0.05, 0.1) is 30.7 Å². The van der Waals surface area contributed by atoms with E-state index in [1.165, 1.54) is 11.1 Å². The number of hydrogen-bond donors (Lipinski definition) is 1. The van der Waals surface area contributed by atoms with Gasteiger partial charge in [-0.1, -0.05) is 36.0 Å². The third kappa shape index (κ3) is 6.88. The van der Waals surface area contributed by atoms with Gasteiger partial charge in [-0.3, -0.25) is 0 Å². The van der Waals surface area contributed by atoms with Crippen molar-refractivity contribution in [2.45, 2.75) is 45.1 Å². The van der Waals surface area contributed by atoms with Crippen LogP contribution >= 0.6 is 0 Å². The average Bonchev–Trinajstić information content (AvgIpc) is 3.20. The Balaban J connectivity index is 1.73. The fourth-order valence-corrected chi connectivity index (χ4v) is 2.38. The van der Waals surface area contributed by atoms with Crippen LogP contribution in [-0.2, 0) is 12.8 Å². The molecule has 0 aliphatic heterocycles. The second kappa shape index (κ2) is 9.14. The third-order valence-corrected chi connectivity index (χ3v) is 3.79. The summed E-state index contributed by atoms with van der Waals surface area (Å²) in [5.41, 5.74) is 2.69. The fourth-order valence-electron chi connectivity index (χ4n) is 2.38. The molecule has 2 aromatic heterocycles. The number of aryl methyl sites for hydroxylation is 1. The van der Waals surface area contributed by atoms with Gasteiger partial charge in [0.15, 0.2) is 0 Å². The van der Waals surface area contributed by atoms with Gasteiger partial charge in [0.1, 0.15) is 0 Å². The van der Waals surface area contributed by atoms with Crippen LogP contribution in [0, 0.1) is 0 Å². The normalized spacial score (nSPS) is 15.4. The highest BCUT2D eigenvalue weighted by Crippen LogP contribution is 2.13. The Morgan fingerprint density at radius 2 is 1.75 bits per heavy atom. The maximum absolute atomic E-state index is 10.3. The molecule has 1 atom stereocenters. The summed E-state index contributed by atoms with van der Waals surface area (Å²) in [7, 11) is 0. The van der Waals surface area contributed by atoms with Crippen molar-refractivity contribution in [1.82, 2.24) is 0 Å². The van der Waals surface area contributed by atoms with E-state index in [1.807, 2.05) is 36.4 Å². The van der Waals surface area contributed by atoms with E-state index in [0.29, 0.717) is 0 Å². The lowest BCUT2D eigenvalue weighted by atomic mass is 10.0. The molecule has 0 amide bonds. The number of furan rings is 2. The SMILES string of the molecule is C/C(=C\CCc1ccoc1)C/C=C/[C@](C)(O)/C=C/Cc1ccoc1. The van der Waals surface area contributed by atoms with Crippen molar-refractivity contribution in [1.29, 1.82) is 0 Å². The highest BCUT2D eigenvalue weighted by atomic mass is 16.3. The third-order valence-electron chi connectivity index (χ3n) is 3.79. The Morgan fingerprint density at radius 1 is 1.08 bits per heavy atom. The van der Waals surface area contributed by atoms with Crippen molar-refractivity contribution in [3.63, 3.8) is 0 Å². The molecule has 128 valence electrons. The van der Waals surface area contributed by atoms with E-state index in [9.17, 15) is 5.11 Å². The van der Waals surface area contributed by atoms with Crippen LogP contribution < -0.4 is 0 Å². The predicted octanol–water partition coefficient (Wildman–Crippen LogP) is 5.25. The predicted molar refractivity (Wildman–Crippen MR) is 96.7 cm³/mol. The second-order valence-electron chi connectivity index (χ2n) is 6.29. The van der Waals surface area contributed by atoms with E-state index in [1.54, 1.807) is 32.0 Å². The molecule has 0 aliphatic carbocycles. The van der Waals surface area contributed by atoms with Crippen LogP contribution in [-0.4, -0.2) is 10.7 Å². The van der Waals surface area contributed by atoms with Crippen LogP contribution in [0.5, 0.6) is 0 Å². The first-order valence-corrected chi connectivity index (χ1v) is 8.31. The van der Waals surface area contributed by atoms with E-state index in [0.717, 1.165) is 31.2 Å². The minimum absolute atomic E-state index is 0.757. The van der Waals surface area contributed by atoms with E-state index in [4.69, 9.17) is 8.83 Å². The number of allylic oxidation sites excluding steroid dienone is 4. The first kappa shape index (κ1) is 18.1. The summed E-state index contributed by atoms with van der Waals surface area (Å²) < 4.78 is 10.1. The molecule has 0 fully saturated rings. The standard InChI is InChI=1S/C21H26O3/c1-18(6-3-8-19-10-14-23-16-19)7-4-12-21(2,22)13-5-9-20-11-15-24-17-20/h4-6,10-17,22H,3,7-9H2,1-2H3/b12-4+,13-5+,18-6+/t21-/m0/s1. The molecule has 0 saturated carbocycles. The number of rotatable bonds is 9. The van der Waals surface area contributed by atoms with Crippen LogP contribution in [0.2, 0.25) is 0 Å². The molecule has 3 nitrogen and oxygen atoms in total. The van der Waals surface area contributed by atoms with Crippen LogP contribution in [0.25, 0.3) is 0 Å². The molecular weight excluding hydrogens is 300 g/mol. The highest BCUT2D eigenvalue weighted by Gasteiger charge is 2.10. The lowest BCUT2D eigenvalue weighted by Crippen LogP contribution is -2.16. The summed E-state index contributed by atoms with van der Waals surface area (Å²) in [6.45, 7) is 3.90. The lowest BCUT2D eigenvalue weighted by Gasteiger charge is -2.13. The monoisotopic (exact) mass is 326 g/mol. The first-order chi connectivity index (χ1) is 11.6. The number of aliphatic hydroxyl groups is 1. The minimum Gasteiger partial charge on any atom is -0.472 e. The smallest absolute Gasteiger partial charge is 0.0980 e. The Hall–Kier alpha value is -2.26. The first-order valence-electron chi connectivity index (χ1n) is 8.31. The molecule has 1 N–H and O–H groups in total. The van der Waals surface area contributed by atoms with Gasteiger partial charge in [-0.2, -0.15) is 0 Å². The zero-order valence-corrected chi connectivity index (χ0v) is 14.4. The van der Waals surface area contributed by atoms with Gasteiger partial charge in [-0.05, 0) is 62.8 Å². The van der Waals surface area contributed by atoms with Crippen LogP contribution in [0.1, 0.15) is 37.8 Å². The van der Waals surface area contributed by atoms with Crippen LogP contribution in [0.15, 0.2) is 82.0 Å².